The van der Waals surface area contributed by atoms with Gasteiger partial charge in [-0.2, -0.15) is 0 Å². The lowest BCUT2D eigenvalue weighted by Crippen LogP contribution is -2.15. The maximum atomic E-state index is 8.66. The highest BCUT2D eigenvalue weighted by Gasteiger charge is 2.12. The molecule has 0 radical (unpaired) electrons. The van der Waals surface area contributed by atoms with Gasteiger partial charge in [-0.25, -0.2) is 0 Å². The molecule has 0 saturated carbocycles. The quantitative estimate of drug-likeness (QED) is 0.638. The molecule has 11 heavy (non-hydrogen) atoms. The van der Waals surface area contributed by atoms with Gasteiger partial charge in [0.15, 0.2) is 0 Å². The summed E-state index contributed by atoms with van der Waals surface area (Å²) in [7, 11) is 1.54. The van der Waals surface area contributed by atoms with E-state index in [0.717, 1.165) is 6.42 Å². The molecule has 0 spiro atoms. The average Bonchev–Trinajstić information content (AvgIpc) is 1.88. The predicted molar refractivity (Wildman–Crippen MR) is 45.8 cm³/mol. The minimum absolute atomic E-state index is 0.114. The van der Waals surface area contributed by atoms with Gasteiger partial charge in [0.1, 0.15) is 0 Å². The third kappa shape index (κ3) is 6.87. The van der Waals surface area contributed by atoms with Crippen molar-refractivity contribution in [3.8, 4) is 0 Å². The summed E-state index contributed by atoms with van der Waals surface area (Å²) in [4.78, 5) is 17.3. The van der Waals surface area contributed by atoms with E-state index in [1.165, 1.54) is 7.11 Å². The number of hydrogen-bond acceptors (Lipinski definition) is 3. The molecular weight excluding hydrogens is 187 g/mol. The summed E-state index contributed by atoms with van der Waals surface area (Å²) < 4.78 is 9.50. The van der Waals surface area contributed by atoms with Crippen LogP contribution >= 0.6 is 6.72 Å². The van der Waals surface area contributed by atoms with Crippen molar-refractivity contribution in [1.29, 1.82) is 0 Å². The fraction of sp³-hybridized carbons (Fsp3) is 1.00. The fourth-order valence-corrected chi connectivity index (χ4v) is 1.08. The SMILES string of the molecule is CC[C@@H](COP(O)(O)=S)OC. The summed E-state index contributed by atoms with van der Waals surface area (Å²) in [5.41, 5.74) is 0. The van der Waals surface area contributed by atoms with Gasteiger partial charge >= 0.3 is 6.72 Å². The first-order valence-corrected chi connectivity index (χ1v) is 5.85. The van der Waals surface area contributed by atoms with Crippen molar-refractivity contribution in [3.05, 3.63) is 0 Å². The summed E-state index contributed by atoms with van der Waals surface area (Å²) in [5, 5.41) is 0. The number of rotatable bonds is 5. The van der Waals surface area contributed by atoms with Crippen LogP contribution in [0.25, 0.3) is 0 Å². The van der Waals surface area contributed by atoms with Crippen LogP contribution in [0.3, 0.4) is 0 Å². The second-order valence-corrected chi connectivity index (χ2v) is 4.72. The Morgan fingerprint density at radius 3 is 2.36 bits per heavy atom. The van der Waals surface area contributed by atoms with Crippen LogP contribution in [-0.2, 0) is 21.1 Å². The molecule has 4 nitrogen and oxygen atoms in total. The Morgan fingerprint density at radius 2 is 2.09 bits per heavy atom. The average molecular weight is 200 g/mol. The van der Waals surface area contributed by atoms with Gasteiger partial charge in [-0.15, -0.1) is 0 Å². The van der Waals surface area contributed by atoms with Crippen LogP contribution in [0, 0.1) is 0 Å². The minimum atomic E-state index is -3.49. The van der Waals surface area contributed by atoms with Crippen molar-refractivity contribution in [2.24, 2.45) is 0 Å². The maximum Gasteiger partial charge on any atom is 0.321 e. The standard InChI is InChI=1S/C5H13O4PS/c1-3-5(8-2)4-9-10(6,7)11/h5H,3-4H2,1-2H3,(H2,6,7,11)/t5-/m0/s1. The Balaban J connectivity index is 3.59. The first kappa shape index (κ1) is 11.5. The Morgan fingerprint density at radius 1 is 1.55 bits per heavy atom. The van der Waals surface area contributed by atoms with Crippen LogP contribution in [0.15, 0.2) is 0 Å². The number of hydrogen-bond donors (Lipinski definition) is 2. The lowest BCUT2D eigenvalue weighted by molar-refractivity contribution is 0.0505. The summed E-state index contributed by atoms with van der Waals surface area (Å²) in [6.07, 6.45) is 0.642. The molecule has 0 unspecified atom stereocenters. The Kier molecular flexibility index (Phi) is 5.42. The molecule has 1 atom stereocenters. The molecule has 0 bridgehead atoms. The minimum Gasteiger partial charge on any atom is -0.379 e. The lowest BCUT2D eigenvalue weighted by Gasteiger charge is -2.14. The van der Waals surface area contributed by atoms with Gasteiger partial charge < -0.3 is 19.0 Å². The van der Waals surface area contributed by atoms with Crippen LogP contribution in [0.5, 0.6) is 0 Å². The zero-order valence-electron chi connectivity index (χ0n) is 6.56. The molecule has 0 aliphatic heterocycles. The maximum absolute atomic E-state index is 8.66. The molecule has 0 aromatic heterocycles. The van der Waals surface area contributed by atoms with Crippen LogP contribution < -0.4 is 0 Å². The van der Waals surface area contributed by atoms with E-state index in [2.05, 4.69) is 16.3 Å². The highest BCUT2D eigenvalue weighted by atomic mass is 32.5. The zero-order valence-corrected chi connectivity index (χ0v) is 8.27. The second kappa shape index (κ2) is 5.19. The van der Waals surface area contributed by atoms with Crippen LogP contribution in [-0.4, -0.2) is 29.6 Å². The molecule has 2 N–H and O–H groups in total. The van der Waals surface area contributed by atoms with Crippen molar-refractivity contribution in [3.63, 3.8) is 0 Å². The molecule has 0 aliphatic rings. The first-order valence-electron chi connectivity index (χ1n) is 3.22. The summed E-state index contributed by atoms with van der Waals surface area (Å²) in [6.45, 7) is -1.44. The Bertz CT molecular complexity index is 141. The van der Waals surface area contributed by atoms with Gasteiger partial charge in [0.05, 0.1) is 12.7 Å². The van der Waals surface area contributed by atoms with Crippen LogP contribution in [0.1, 0.15) is 13.3 Å². The normalized spacial score (nSPS) is 14.9. The third-order valence-corrected chi connectivity index (χ3v) is 2.02. The van der Waals surface area contributed by atoms with Gasteiger partial charge in [0, 0.05) is 7.11 Å². The Labute approximate surface area is 71.4 Å². The van der Waals surface area contributed by atoms with Crippen molar-refractivity contribution in [2.75, 3.05) is 13.7 Å². The van der Waals surface area contributed by atoms with E-state index in [1.807, 2.05) is 6.92 Å². The van der Waals surface area contributed by atoms with Crippen molar-refractivity contribution >= 4 is 18.5 Å². The van der Waals surface area contributed by atoms with E-state index in [-0.39, 0.29) is 12.7 Å². The van der Waals surface area contributed by atoms with E-state index in [1.54, 1.807) is 0 Å². The number of ether oxygens (including phenoxy) is 1. The molecule has 0 rings (SSSR count). The van der Waals surface area contributed by atoms with E-state index < -0.39 is 6.72 Å². The van der Waals surface area contributed by atoms with Gasteiger partial charge in [0.25, 0.3) is 0 Å². The molecular formula is C5H13O4PS. The van der Waals surface area contributed by atoms with Gasteiger partial charge in [-0.05, 0) is 18.2 Å². The predicted octanol–water partition coefficient (Wildman–Crippen LogP) is 0.637. The molecule has 0 fully saturated rings. The van der Waals surface area contributed by atoms with Gasteiger partial charge in [-0.3, -0.25) is 0 Å². The summed E-state index contributed by atoms with van der Waals surface area (Å²) in [6, 6.07) is 0. The largest absolute Gasteiger partial charge is 0.379 e. The second-order valence-electron chi connectivity index (χ2n) is 2.05. The summed E-state index contributed by atoms with van der Waals surface area (Å²) >= 11 is 4.24. The summed E-state index contributed by atoms with van der Waals surface area (Å²) in [5.74, 6) is 0. The molecule has 0 heterocycles. The van der Waals surface area contributed by atoms with Crippen molar-refractivity contribution in [2.45, 2.75) is 19.4 Å². The van der Waals surface area contributed by atoms with Crippen LogP contribution in [0.4, 0.5) is 0 Å². The van der Waals surface area contributed by atoms with Crippen molar-refractivity contribution in [1.82, 2.24) is 0 Å². The number of methoxy groups -OCH3 is 1. The van der Waals surface area contributed by atoms with Crippen molar-refractivity contribution < 1.29 is 19.0 Å². The molecule has 0 saturated heterocycles. The monoisotopic (exact) mass is 200 g/mol. The molecule has 0 aromatic carbocycles. The fourth-order valence-electron chi connectivity index (χ4n) is 0.533. The smallest absolute Gasteiger partial charge is 0.321 e. The highest BCUT2D eigenvalue weighted by molar-refractivity contribution is 8.06. The topological polar surface area (TPSA) is 58.9 Å². The van der Waals surface area contributed by atoms with E-state index in [9.17, 15) is 0 Å². The first-order chi connectivity index (χ1) is 4.99. The molecule has 6 heteroatoms. The molecule has 0 aliphatic carbocycles. The lowest BCUT2D eigenvalue weighted by atomic mass is 10.3. The Hall–Kier alpha value is 0.490. The van der Waals surface area contributed by atoms with Gasteiger partial charge in [-0.1, -0.05) is 6.92 Å². The molecule has 0 aromatic rings. The van der Waals surface area contributed by atoms with E-state index in [0.29, 0.717) is 0 Å². The molecule has 68 valence electrons. The van der Waals surface area contributed by atoms with Crippen LogP contribution in [0.2, 0.25) is 0 Å². The molecule has 0 amide bonds. The van der Waals surface area contributed by atoms with E-state index >= 15 is 0 Å². The van der Waals surface area contributed by atoms with Gasteiger partial charge in [0.2, 0.25) is 0 Å². The zero-order chi connectivity index (χ0) is 8.91. The highest BCUT2D eigenvalue weighted by Crippen LogP contribution is 2.36. The van der Waals surface area contributed by atoms with E-state index in [4.69, 9.17) is 14.5 Å². The third-order valence-electron chi connectivity index (χ3n) is 1.22.